The van der Waals surface area contributed by atoms with E-state index >= 15 is 0 Å². The Hall–Kier alpha value is -1.00. The van der Waals surface area contributed by atoms with Crippen LogP contribution in [0.25, 0.3) is 0 Å². The summed E-state index contributed by atoms with van der Waals surface area (Å²) in [6.07, 6.45) is 3.33. The van der Waals surface area contributed by atoms with Gasteiger partial charge in [-0.25, -0.2) is 8.78 Å². The molecule has 0 saturated heterocycles. The Labute approximate surface area is 106 Å². The van der Waals surface area contributed by atoms with Crippen molar-refractivity contribution in [3.63, 3.8) is 0 Å². The SMILES string of the molecule is CNC1CCC(O)(Cc2ccc(F)cc2F)CC1. The summed E-state index contributed by atoms with van der Waals surface area (Å²) in [5.41, 5.74) is -0.465. The van der Waals surface area contributed by atoms with Gasteiger partial charge in [-0.1, -0.05) is 6.07 Å². The number of aliphatic hydroxyl groups is 1. The maximum atomic E-state index is 13.6. The molecule has 4 heteroatoms. The van der Waals surface area contributed by atoms with E-state index in [1.807, 2.05) is 7.05 Å². The highest BCUT2D eigenvalue weighted by molar-refractivity contribution is 5.20. The van der Waals surface area contributed by atoms with Crippen LogP contribution >= 0.6 is 0 Å². The third-order valence-electron chi connectivity index (χ3n) is 3.86. The molecule has 0 heterocycles. The number of hydrogen-bond donors (Lipinski definition) is 2. The van der Waals surface area contributed by atoms with Crippen LogP contribution in [0.15, 0.2) is 18.2 Å². The van der Waals surface area contributed by atoms with Gasteiger partial charge < -0.3 is 10.4 Å². The first kappa shape index (κ1) is 13.4. The molecule has 1 aliphatic rings. The van der Waals surface area contributed by atoms with E-state index in [-0.39, 0.29) is 6.42 Å². The van der Waals surface area contributed by atoms with E-state index in [0.29, 0.717) is 24.4 Å². The molecule has 18 heavy (non-hydrogen) atoms. The van der Waals surface area contributed by atoms with Crippen molar-refractivity contribution in [3.8, 4) is 0 Å². The smallest absolute Gasteiger partial charge is 0.129 e. The Morgan fingerprint density at radius 1 is 1.33 bits per heavy atom. The average Bonchev–Trinajstić information content (AvgIpc) is 2.34. The molecule has 0 aromatic heterocycles. The molecule has 1 aromatic rings. The van der Waals surface area contributed by atoms with Crippen molar-refractivity contribution in [1.82, 2.24) is 5.32 Å². The first-order valence-corrected chi connectivity index (χ1v) is 6.36. The summed E-state index contributed by atoms with van der Waals surface area (Å²) in [5.74, 6) is -1.15. The van der Waals surface area contributed by atoms with Crippen molar-refractivity contribution in [1.29, 1.82) is 0 Å². The number of halogens is 2. The minimum absolute atomic E-state index is 0.259. The van der Waals surface area contributed by atoms with Crippen molar-refractivity contribution >= 4 is 0 Å². The molecular formula is C14H19F2NO. The minimum Gasteiger partial charge on any atom is -0.390 e. The zero-order valence-corrected chi connectivity index (χ0v) is 10.5. The van der Waals surface area contributed by atoms with Crippen LogP contribution in [0.4, 0.5) is 8.78 Å². The summed E-state index contributed by atoms with van der Waals surface area (Å²) in [7, 11) is 1.91. The fourth-order valence-electron chi connectivity index (χ4n) is 2.64. The van der Waals surface area contributed by atoms with Gasteiger partial charge in [0, 0.05) is 18.5 Å². The van der Waals surface area contributed by atoms with Gasteiger partial charge in [0.25, 0.3) is 0 Å². The monoisotopic (exact) mass is 255 g/mol. The lowest BCUT2D eigenvalue weighted by Gasteiger charge is -2.36. The van der Waals surface area contributed by atoms with Crippen molar-refractivity contribution < 1.29 is 13.9 Å². The van der Waals surface area contributed by atoms with Gasteiger partial charge in [-0.05, 0) is 44.4 Å². The van der Waals surface area contributed by atoms with E-state index in [4.69, 9.17) is 0 Å². The molecule has 0 aliphatic heterocycles. The summed E-state index contributed by atoms with van der Waals surface area (Å²) < 4.78 is 26.4. The van der Waals surface area contributed by atoms with Crippen LogP contribution in [-0.2, 0) is 6.42 Å². The molecule has 100 valence electrons. The van der Waals surface area contributed by atoms with Crippen LogP contribution in [0.2, 0.25) is 0 Å². The number of hydrogen-bond acceptors (Lipinski definition) is 2. The standard InChI is InChI=1S/C14H19F2NO/c1-17-12-4-6-14(18,7-5-12)9-10-2-3-11(15)8-13(10)16/h2-3,8,12,17-18H,4-7,9H2,1H3. The molecule has 0 spiro atoms. The molecule has 1 aromatic carbocycles. The summed E-state index contributed by atoms with van der Waals surface area (Å²) >= 11 is 0. The summed E-state index contributed by atoms with van der Waals surface area (Å²) in [6, 6.07) is 3.97. The van der Waals surface area contributed by atoms with Crippen LogP contribution < -0.4 is 5.32 Å². The van der Waals surface area contributed by atoms with Gasteiger partial charge in [0.1, 0.15) is 11.6 Å². The second-order valence-corrected chi connectivity index (χ2v) is 5.20. The third kappa shape index (κ3) is 3.06. The normalized spacial score (nSPS) is 28.3. The van der Waals surface area contributed by atoms with Gasteiger partial charge in [-0.2, -0.15) is 0 Å². The first-order valence-electron chi connectivity index (χ1n) is 6.36. The van der Waals surface area contributed by atoms with E-state index in [1.165, 1.54) is 12.1 Å². The van der Waals surface area contributed by atoms with Gasteiger partial charge in [0.05, 0.1) is 5.60 Å². The molecular weight excluding hydrogens is 236 g/mol. The Balaban J connectivity index is 2.04. The Kier molecular flexibility index (Phi) is 3.97. The number of benzene rings is 1. The maximum Gasteiger partial charge on any atom is 0.129 e. The van der Waals surface area contributed by atoms with Gasteiger partial charge in [0.15, 0.2) is 0 Å². The molecule has 2 N–H and O–H groups in total. The van der Waals surface area contributed by atoms with Crippen LogP contribution in [0.3, 0.4) is 0 Å². The molecule has 0 amide bonds. The molecule has 2 nitrogen and oxygen atoms in total. The Morgan fingerprint density at radius 2 is 2.00 bits per heavy atom. The lowest BCUT2D eigenvalue weighted by molar-refractivity contribution is -0.00310. The fraction of sp³-hybridized carbons (Fsp3) is 0.571. The van der Waals surface area contributed by atoms with Crippen molar-refractivity contribution in [3.05, 3.63) is 35.4 Å². The van der Waals surface area contributed by atoms with Crippen LogP contribution in [0.1, 0.15) is 31.2 Å². The van der Waals surface area contributed by atoms with Crippen molar-refractivity contribution in [2.45, 2.75) is 43.7 Å². The number of rotatable bonds is 3. The minimum atomic E-state index is -0.855. The van der Waals surface area contributed by atoms with E-state index in [0.717, 1.165) is 18.9 Å². The molecule has 0 atom stereocenters. The van der Waals surface area contributed by atoms with Gasteiger partial charge in [0.2, 0.25) is 0 Å². The Bertz CT molecular complexity index is 414. The topological polar surface area (TPSA) is 32.3 Å². The molecule has 1 saturated carbocycles. The van der Waals surface area contributed by atoms with Gasteiger partial charge >= 0.3 is 0 Å². The van der Waals surface area contributed by atoms with E-state index in [1.54, 1.807) is 0 Å². The van der Waals surface area contributed by atoms with Crippen LogP contribution in [0.5, 0.6) is 0 Å². The van der Waals surface area contributed by atoms with E-state index in [9.17, 15) is 13.9 Å². The van der Waals surface area contributed by atoms with E-state index < -0.39 is 17.2 Å². The maximum absolute atomic E-state index is 13.6. The highest BCUT2D eigenvalue weighted by Crippen LogP contribution is 2.32. The lowest BCUT2D eigenvalue weighted by Crippen LogP contribution is -2.41. The molecule has 0 radical (unpaired) electrons. The lowest BCUT2D eigenvalue weighted by atomic mass is 9.78. The summed E-state index contributed by atoms with van der Waals surface area (Å²) in [4.78, 5) is 0. The van der Waals surface area contributed by atoms with Crippen molar-refractivity contribution in [2.75, 3.05) is 7.05 Å². The van der Waals surface area contributed by atoms with E-state index in [2.05, 4.69) is 5.32 Å². The Morgan fingerprint density at radius 3 is 2.56 bits per heavy atom. The summed E-state index contributed by atoms with van der Waals surface area (Å²) in [6.45, 7) is 0. The molecule has 2 rings (SSSR count). The van der Waals surface area contributed by atoms with Crippen molar-refractivity contribution in [2.24, 2.45) is 0 Å². The average molecular weight is 255 g/mol. The van der Waals surface area contributed by atoms with Gasteiger partial charge in [-0.15, -0.1) is 0 Å². The molecule has 0 unspecified atom stereocenters. The second kappa shape index (κ2) is 5.33. The highest BCUT2D eigenvalue weighted by atomic mass is 19.1. The third-order valence-corrected chi connectivity index (χ3v) is 3.86. The quantitative estimate of drug-likeness (QED) is 0.869. The van der Waals surface area contributed by atoms with Crippen LogP contribution in [0, 0.1) is 11.6 Å². The summed E-state index contributed by atoms with van der Waals surface area (Å²) in [5, 5.41) is 13.6. The highest BCUT2D eigenvalue weighted by Gasteiger charge is 2.33. The second-order valence-electron chi connectivity index (χ2n) is 5.20. The van der Waals surface area contributed by atoms with Gasteiger partial charge in [-0.3, -0.25) is 0 Å². The zero-order valence-electron chi connectivity index (χ0n) is 10.5. The number of nitrogens with one attached hydrogen (secondary N) is 1. The largest absolute Gasteiger partial charge is 0.390 e. The molecule has 0 bridgehead atoms. The zero-order chi connectivity index (χ0) is 13.2. The predicted molar refractivity (Wildman–Crippen MR) is 66.3 cm³/mol. The molecule has 1 fully saturated rings. The fourth-order valence-corrected chi connectivity index (χ4v) is 2.64. The predicted octanol–water partition coefficient (Wildman–Crippen LogP) is 2.40. The van der Waals surface area contributed by atoms with Crippen LogP contribution in [-0.4, -0.2) is 23.8 Å². The molecule has 1 aliphatic carbocycles. The first-order chi connectivity index (χ1) is 8.52.